The number of anilines is 2. The second kappa shape index (κ2) is 8.79. The van der Waals surface area contributed by atoms with Gasteiger partial charge in [-0.05, 0) is 30.3 Å². The van der Waals surface area contributed by atoms with E-state index >= 15 is 0 Å². The standard InChI is InChI=1S/C18H20F3N5O2/c19-18(20,21)28-15-5-3-14(4-6-15)25-17(22)24-12-13-2-1-7-23-16(13)26-8-10-27-11-9-26/h1-7H,8-12H2,(H3,22,24,25). The molecule has 1 aliphatic rings. The van der Waals surface area contributed by atoms with Crippen LogP contribution in [0, 0.1) is 0 Å². The third-order valence-corrected chi connectivity index (χ3v) is 3.96. The molecule has 0 amide bonds. The molecule has 1 fully saturated rings. The van der Waals surface area contributed by atoms with E-state index in [-0.39, 0.29) is 11.7 Å². The van der Waals surface area contributed by atoms with E-state index in [2.05, 4.69) is 24.9 Å². The Balaban J connectivity index is 1.62. The number of aliphatic imine (C=N–C) groups is 1. The number of hydrogen-bond donors (Lipinski definition) is 2. The highest BCUT2D eigenvalue weighted by molar-refractivity contribution is 5.92. The lowest BCUT2D eigenvalue weighted by Crippen LogP contribution is -2.37. The van der Waals surface area contributed by atoms with Crippen LogP contribution in [0.3, 0.4) is 0 Å². The van der Waals surface area contributed by atoms with Crippen molar-refractivity contribution in [1.29, 1.82) is 0 Å². The van der Waals surface area contributed by atoms with Crippen LogP contribution in [0.4, 0.5) is 24.7 Å². The second-order valence-electron chi connectivity index (χ2n) is 5.98. The summed E-state index contributed by atoms with van der Waals surface area (Å²) in [5.41, 5.74) is 7.31. The molecule has 0 saturated carbocycles. The molecule has 3 N–H and O–H groups in total. The summed E-state index contributed by atoms with van der Waals surface area (Å²) in [6.45, 7) is 3.13. The van der Waals surface area contributed by atoms with Crippen molar-refractivity contribution in [2.24, 2.45) is 10.7 Å². The average Bonchev–Trinajstić information content (AvgIpc) is 2.68. The van der Waals surface area contributed by atoms with E-state index in [1.807, 2.05) is 12.1 Å². The van der Waals surface area contributed by atoms with Gasteiger partial charge in [0.25, 0.3) is 0 Å². The molecule has 0 atom stereocenters. The number of aromatic nitrogens is 1. The van der Waals surface area contributed by atoms with Gasteiger partial charge in [-0.3, -0.25) is 0 Å². The van der Waals surface area contributed by atoms with Crippen molar-refractivity contribution >= 4 is 17.5 Å². The van der Waals surface area contributed by atoms with Crippen LogP contribution in [-0.2, 0) is 11.3 Å². The smallest absolute Gasteiger partial charge is 0.406 e. The first-order chi connectivity index (χ1) is 13.4. The maximum absolute atomic E-state index is 12.2. The van der Waals surface area contributed by atoms with Crippen LogP contribution in [0.2, 0.25) is 0 Å². The van der Waals surface area contributed by atoms with Gasteiger partial charge in [-0.25, -0.2) is 9.98 Å². The topological polar surface area (TPSA) is 85.0 Å². The number of hydrogen-bond acceptors (Lipinski definition) is 5. The highest BCUT2D eigenvalue weighted by Gasteiger charge is 2.30. The minimum atomic E-state index is -4.72. The van der Waals surface area contributed by atoms with Gasteiger partial charge in [-0.1, -0.05) is 6.07 Å². The van der Waals surface area contributed by atoms with Crippen molar-refractivity contribution in [3.05, 3.63) is 48.2 Å². The van der Waals surface area contributed by atoms with E-state index in [1.165, 1.54) is 24.3 Å². The zero-order valence-corrected chi connectivity index (χ0v) is 14.9. The number of ether oxygens (including phenoxy) is 2. The molecule has 0 bridgehead atoms. The molecular formula is C18H20F3N5O2. The summed E-state index contributed by atoms with van der Waals surface area (Å²) in [6.07, 6.45) is -3.00. The number of pyridine rings is 1. The fourth-order valence-corrected chi connectivity index (χ4v) is 2.71. The lowest BCUT2D eigenvalue weighted by atomic mass is 10.2. The van der Waals surface area contributed by atoms with E-state index in [4.69, 9.17) is 10.5 Å². The van der Waals surface area contributed by atoms with Gasteiger partial charge in [0, 0.05) is 30.5 Å². The van der Waals surface area contributed by atoms with Gasteiger partial charge in [-0.2, -0.15) is 0 Å². The van der Waals surface area contributed by atoms with Crippen LogP contribution in [0.25, 0.3) is 0 Å². The van der Waals surface area contributed by atoms with Crippen molar-refractivity contribution in [2.75, 3.05) is 36.5 Å². The lowest BCUT2D eigenvalue weighted by Gasteiger charge is -2.29. The zero-order valence-electron chi connectivity index (χ0n) is 14.9. The van der Waals surface area contributed by atoms with Crippen LogP contribution in [0.15, 0.2) is 47.6 Å². The first kappa shape index (κ1) is 19.7. The van der Waals surface area contributed by atoms with Crippen molar-refractivity contribution in [3.8, 4) is 5.75 Å². The van der Waals surface area contributed by atoms with Crippen molar-refractivity contribution in [1.82, 2.24) is 4.98 Å². The van der Waals surface area contributed by atoms with Gasteiger partial charge in [-0.15, -0.1) is 13.2 Å². The highest BCUT2D eigenvalue weighted by atomic mass is 19.4. The minimum absolute atomic E-state index is 0.140. The Morgan fingerprint density at radius 1 is 1.21 bits per heavy atom. The summed E-state index contributed by atoms with van der Waals surface area (Å²) in [4.78, 5) is 10.9. The van der Waals surface area contributed by atoms with Gasteiger partial charge in [0.2, 0.25) is 0 Å². The molecule has 3 rings (SSSR count). The number of guanidine groups is 1. The molecule has 150 valence electrons. The summed E-state index contributed by atoms with van der Waals surface area (Å²) in [5.74, 6) is 0.677. The van der Waals surface area contributed by atoms with Crippen LogP contribution >= 0.6 is 0 Å². The fourth-order valence-electron chi connectivity index (χ4n) is 2.71. The van der Waals surface area contributed by atoms with Crippen LogP contribution in [-0.4, -0.2) is 43.6 Å². The number of benzene rings is 1. The maximum Gasteiger partial charge on any atom is 0.573 e. The molecular weight excluding hydrogens is 375 g/mol. The molecule has 0 unspecified atom stereocenters. The monoisotopic (exact) mass is 395 g/mol. The Morgan fingerprint density at radius 2 is 1.93 bits per heavy atom. The molecule has 1 aromatic carbocycles. The first-order valence-electron chi connectivity index (χ1n) is 8.60. The largest absolute Gasteiger partial charge is 0.573 e. The van der Waals surface area contributed by atoms with Crippen molar-refractivity contribution < 1.29 is 22.6 Å². The molecule has 10 heteroatoms. The Morgan fingerprint density at radius 3 is 2.61 bits per heavy atom. The third-order valence-electron chi connectivity index (χ3n) is 3.96. The molecule has 7 nitrogen and oxygen atoms in total. The molecule has 1 aliphatic heterocycles. The number of rotatable bonds is 5. The molecule has 0 spiro atoms. The number of halogens is 3. The predicted octanol–water partition coefficient (Wildman–Crippen LogP) is 2.74. The minimum Gasteiger partial charge on any atom is -0.406 e. The SMILES string of the molecule is NC(=NCc1cccnc1N1CCOCC1)Nc1ccc(OC(F)(F)F)cc1. The van der Waals surface area contributed by atoms with Gasteiger partial charge in [0.05, 0.1) is 19.8 Å². The molecule has 2 aromatic rings. The van der Waals surface area contributed by atoms with E-state index in [0.29, 0.717) is 25.4 Å². The van der Waals surface area contributed by atoms with Crippen LogP contribution in [0.1, 0.15) is 5.56 Å². The first-order valence-corrected chi connectivity index (χ1v) is 8.60. The molecule has 1 saturated heterocycles. The molecule has 0 radical (unpaired) electrons. The van der Waals surface area contributed by atoms with Crippen LogP contribution < -0.4 is 20.7 Å². The van der Waals surface area contributed by atoms with Gasteiger partial charge in [0.15, 0.2) is 5.96 Å². The number of morpholine rings is 1. The van der Waals surface area contributed by atoms with Gasteiger partial charge < -0.3 is 25.4 Å². The Hall–Kier alpha value is -3.01. The quantitative estimate of drug-likeness (QED) is 0.598. The molecule has 0 aliphatic carbocycles. The van der Waals surface area contributed by atoms with Gasteiger partial charge >= 0.3 is 6.36 Å². The maximum atomic E-state index is 12.2. The van der Waals surface area contributed by atoms with E-state index in [0.717, 1.165) is 24.5 Å². The molecule has 1 aromatic heterocycles. The van der Waals surface area contributed by atoms with Crippen LogP contribution in [0.5, 0.6) is 5.75 Å². The highest BCUT2D eigenvalue weighted by Crippen LogP contribution is 2.24. The van der Waals surface area contributed by atoms with Gasteiger partial charge in [0.1, 0.15) is 11.6 Å². The Kier molecular flexibility index (Phi) is 6.19. The Bertz CT molecular complexity index is 806. The number of alkyl halides is 3. The summed E-state index contributed by atoms with van der Waals surface area (Å²) < 4.78 is 45.8. The number of nitrogens with two attached hydrogens (primary N) is 1. The predicted molar refractivity (Wildman–Crippen MR) is 99.3 cm³/mol. The fraction of sp³-hybridized carbons (Fsp3) is 0.333. The summed E-state index contributed by atoms with van der Waals surface area (Å²) >= 11 is 0. The molecule has 28 heavy (non-hydrogen) atoms. The van der Waals surface area contributed by atoms with E-state index < -0.39 is 6.36 Å². The summed E-state index contributed by atoms with van der Waals surface area (Å²) in [7, 11) is 0. The van der Waals surface area contributed by atoms with E-state index in [9.17, 15) is 13.2 Å². The lowest BCUT2D eigenvalue weighted by molar-refractivity contribution is -0.274. The average molecular weight is 395 g/mol. The summed E-state index contributed by atoms with van der Waals surface area (Å²) in [5, 5.41) is 2.84. The third kappa shape index (κ3) is 5.74. The number of nitrogens with zero attached hydrogens (tertiary/aromatic N) is 3. The van der Waals surface area contributed by atoms with Crippen molar-refractivity contribution in [2.45, 2.75) is 12.9 Å². The Labute approximate surface area is 160 Å². The van der Waals surface area contributed by atoms with E-state index in [1.54, 1.807) is 6.20 Å². The second-order valence-corrected chi connectivity index (χ2v) is 5.98. The van der Waals surface area contributed by atoms with Crippen molar-refractivity contribution in [3.63, 3.8) is 0 Å². The molecule has 2 heterocycles. The summed E-state index contributed by atoms with van der Waals surface area (Å²) in [6, 6.07) is 9.00. The normalized spacial score (nSPS) is 15.4. The number of nitrogens with one attached hydrogen (secondary N) is 1. The zero-order chi connectivity index (χ0) is 20.0.